The summed E-state index contributed by atoms with van der Waals surface area (Å²) < 4.78 is 10.4. The monoisotopic (exact) mass is 215 g/mol. The summed E-state index contributed by atoms with van der Waals surface area (Å²) in [4.78, 5) is 11.7. The number of amides is 1. The first-order valence-electron chi connectivity index (χ1n) is 5.38. The van der Waals surface area contributed by atoms with Gasteiger partial charge in [-0.15, -0.1) is 0 Å². The Hall–Kier alpha value is -0.650. The molecule has 0 aromatic rings. The highest BCUT2D eigenvalue weighted by atomic mass is 16.6. The van der Waals surface area contributed by atoms with Crippen molar-refractivity contribution >= 4 is 5.91 Å². The van der Waals surface area contributed by atoms with Crippen molar-refractivity contribution in [3.63, 3.8) is 0 Å². The molecule has 1 saturated carbocycles. The van der Waals surface area contributed by atoms with Gasteiger partial charge < -0.3 is 19.9 Å². The van der Waals surface area contributed by atoms with Crippen LogP contribution in [0.25, 0.3) is 0 Å². The Balaban J connectivity index is 1.85. The molecule has 1 saturated heterocycles. The fourth-order valence-corrected chi connectivity index (χ4v) is 1.91. The van der Waals surface area contributed by atoms with Crippen LogP contribution in [0.1, 0.15) is 19.3 Å². The molecule has 2 N–H and O–H groups in total. The van der Waals surface area contributed by atoms with Crippen LogP contribution in [-0.4, -0.2) is 49.1 Å². The van der Waals surface area contributed by atoms with Crippen molar-refractivity contribution in [3.05, 3.63) is 0 Å². The minimum Gasteiger partial charge on any atom is -0.394 e. The van der Waals surface area contributed by atoms with Crippen LogP contribution in [-0.2, 0) is 14.3 Å². The van der Waals surface area contributed by atoms with E-state index in [0.717, 1.165) is 19.3 Å². The number of rotatable bonds is 3. The van der Waals surface area contributed by atoms with Crippen molar-refractivity contribution in [1.82, 2.24) is 5.32 Å². The molecule has 86 valence electrons. The highest BCUT2D eigenvalue weighted by Gasteiger charge is 2.39. The average Bonchev–Trinajstić information content (AvgIpc) is 2.24. The normalized spacial score (nSPS) is 29.3. The molecule has 0 spiro atoms. The van der Waals surface area contributed by atoms with E-state index >= 15 is 0 Å². The smallest absolute Gasteiger partial charge is 0.252 e. The van der Waals surface area contributed by atoms with Gasteiger partial charge in [-0.1, -0.05) is 0 Å². The van der Waals surface area contributed by atoms with E-state index in [1.807, 2.05) is 0 Å². The van der Waals surface area contributed by atoms with Gasteiger partial charge in [-0.3, -0.25) is 4.79 Å². The second-order valence-electron chi connectivity index (χ2n) is 4.22. The highest BCUT2D eigenvalue weighted by molar-refractivity contribution is 5.81. The van der Waals surface area contributed by atoms with E-state index in [1.165, 1.54) is 0 Å². The molecule has 2 fully saturated rings. The van der Waals surface area contributed by atoms with Gasteiger partial charge >= 0.3 is 0 Å². The largest absolute Gasteiger partial charge is 0.394 e. The van der Waals surface area contributed by atoms with E-state index in [2.05, 4.69) is 5.32 Å². The second-order valence-corrected chi connectivity index (χ2v) is 4.22. The molecule has 2 rings (SSSR count). The Labute approximate surface area is 88.7 Å². The van der Waals surface area contributed by atoms with Crippen LogP contribution < -0.4 is 5.32 Å². The topological polar surface area (TPSA) is 67.8 Å². The summed E-state index contributed by atoms with van der Waals surface area (Å²) >= 11 is 0. The zero-order chi connectivity index (χ0) is 10.7. The molecule has 1 unspecified atom stereocenters. The van der Waals surface area contributed by atoms with Gasteiger partial charge in [-0.25, -0.2) is 0 Å². The van der Waals surface area contributed by atoms with Crippen LogP contribution in [0.2, 0.25) is 0 Å². The predicted octanol–water partition coefficient (Wildman–Crippen LogP) is -0.567. The number of hydrogen-bond acceptors (Lipinski definition) is 4. The van der Waals surface area contributed by atoms with Crippen LogP contribution in [0, 0.1) is 0 Å². The van der Waals surface area contributed by atoms with Crippen molar-refractivity contribution in [2.24, 2.45) is 0 Å². The van der Waals surface area contributed by atoms with Gasteiger partial charge in [0.05, 0.1) is 32.0 Å². The Morgan fingerprint density at radius 2 is 2.27 bits per heavy atom. The zero-order valence-electron chi connectivity index (χ0n) is 8.70. The maximum absolute atomic E-state index is 11.7. The summed E-state index contributed by atoms with van der Waals surface area (Å²) in [5, 5.41) is 12.1. The first kappa shape index (κ1) is 10.9. The Bertz CT molecular complexity index is 228. The molecule has 15 heavy (non-hydrogen) atoms. The van der Waals surface area contributed by atoms with Crippen LogP contribution in [0.3, 0.4) is 0 Å². The van der Waals surface area contributed by atoms with Crippen molar-refractivity contribution in [2.45, 2.75) is 30.9 Å². The molecule has 1 aliphatic carbocycles. The molecule has 1 amide bonds. The first-order chi connectivity index (χ1) is 7.26. The van der Waals surface area contributed by atoms with Gasteiger partial charge in [0.1, 0.15) is 0 Å². The van der Waals surface area contributed by atoms with Crippen molar-refractivity contribution in [3.8, 4) is 0 Å². The minimum atomic E-state index is -0.511. The van der Waals surface area contributed by atoms with E-state index in [1.54, 1.807) is 0 Å². The van der Waals surface area contributed by atoms with Crippen LogP contribution >= 0.6 is 0 Å². The quantitative estimate of drug-likeness (QED) is 0.662. The fraction of sp³-hybridized carbons (Fsp3) is 0.900. The SMILES string of the molecule is O=C(NC1(CO)CCC1)C1COCCO1. The zero-order valence-corrected chi connectivity index (χ0v) is 8.70. The number of ether oxygens (including phenoxy) is 2. The van der Waals surface area contributed by atoms with E-state index in [4.69, 9.17) is 9.47 Å². The molecule has 0 radical (unpaired) electrons. The Morgan fingerprint density at radius 1 is 1.47 bits per heavy atom. The number of aliphatic hydroxyl groups is 1. The lowest BCUT2D eigenvalue weighted by atomic mass is 9.77. The fourth-order valence-electron chi connectivity index (χ4n) is 1.91. The molecule has 0 aromatic carbocycles. The van der Waals surface area contributed by atoms with E-state index in [-0.39, 0.29) is 12.5 Å². The summed E-state index contributed by atoms with van der Waals surface area (Å²) in [6, 6.07) is 0. The molecule has 2 aliphatic rings. The molecular weight excluding hydrogens is 198 g/mol. The van der Waals surface area contributed by atoms with E-state index in [0.29, 0.717) is 19.8 Å². The maximum Gasteiger partial charge on any atom is 0.252 e. The molecule has 1 aliphatic heterocycles. The first-order valence-corrected chi connectivity index (χ1v) is 5.38. The molecular formula is C10H17NO4. The number of aliphatic hydroxyl groups excluding tert-OH is 1. The second kappa shape index (κ2) is 4.47. The number of nitrogens with one attached hydrogen (secondary N) is 1. The van der Waals surface area contributed by atoms with Gasteiger partial charge in [0.25, 0.3) is 5.91 Å². The Morgan fingerprint density at radius 3 is 2.73 bits per heavy atom. The molecule has 1 heterocycles. The van der Waals surface area contributed by atoms with Gasteiger partial charge in [0, 0.05) is 0 Å². The lowest BCUT2D eigenvalue weighted by molar-refractivity contribution is -0.151. The molecule has 0 aromatic heterocycles. The van der Waals surface area contributed by atoms with Crippen molar-refractivity contribution in [1.29, 1.82) is 0 Å². The molecule has 5 nitrogen and oxygen atoms in total. The number of carbonyl (C=O) groups is 1. The summed E-state index contributed by atoms with van der Waals surface area (Å²) in [5.41, 5.74) is -0.391. The lowest BCUT2D eigenvalue weighted by Gasteiger charge is -2.41. The van der Waals surface area contributed by atoms with Crippen LogP contribution in [0.15, 0.2) is 0 Å². The van der Waals surface area contributed by atoms with Crippen molar-refractivity contribution < 1.29 is 19.4 Å². The summed E-state index contributed by atoms with van der Waals surface area (Å²) in [5.74, 6) is -0.163. The van der Waals surface area contributed by atoms with E-state index in [9.17, 15) is 9.90 Å². The third-order valence-corrected chi connectivity index (χ3v) is 3.11. The molecule has 1 atom stereocenters. The van der Waals surface area contributed by atoms with Gasteiger partial charge in [-0.05, 0) is 19.3 Å². The highest BCUT2D eigenvalue weighted by Crippen LogP contribution is 2.31. The number of carbonyl (C=O) groups excluding carboxylic acids is 1. The standard InChI is InChI=1S/C10H17NO4/c12-7-10(2-1-3-10)11-9(13)8-6-14-4-5-15-8/h8,12H,1-7H2,(H,11,13). The van der Waals surface area contributed by atoms with Crippen LogP contribution in [0.4, 0.5) is 0 Å². The van der Waals surface area contributed by atoms with Crippen LogP contribution in [0.5, 0.6) is 0 Å². The van der Waals surface area contributed by atoms with Gasteiger partial charge in [0.15, 0.2) is 6.10 Å². The summed E-state index contributed by atoms with van der Waals surface area (Å²) in [6.45, 7) is 1.33. The predicted molar refractivity (Wildman–Crippen MR) is 52.4 cm³/mol. The number of hydrogen-bond donors (Lipinski definition) is 2. The van der Waals surface area contributed by atoms with E-state index < -0.39 is 11.6 Å². The third-order valence-electron chi connectivity index (χ3n) is 3.11. The Kier molecular flexibility index (Phi) is 3.23. The average molecular weight is 215 g/mol. The molecule has 0 bridgehead atoms. The van der Waals surface area contributed by atoms with Crippen molar-refractivity contribution in [2.75, 3.05) is 26.4 Å². The molecule has 5 heteroatoms. The lowest BCUT2D eigenvalue weighted by Crippen LogP contribution is -2.59. The summed E-state index contributed by atoms with van der Waals surface area (Å²) in [6.07, 6.45) is 2.25. The summed E-state index contributed by atoms with van der Waals surface area (Å²) in [7, 11) is 0. The van der Waals surface area contributed by atoms with Gasteiger partial charge in [-0.2, -0.15) is 0 Å². The minimum absolute atomic E-state index is 0.00627. The third kappa shape index (κ3) is 2.30. The van der Waals surface area contributed by atoms with Gasteiger partial charge in [0.2, 0.25) is 0 Å². The maximum atomic E-state index is 11.7.